The average molecular weight is 585 g/mol. The number of fused-ring (bicyclic) bond motifs is 6. The Balaban J connectivity index is 1.26. The van der Waals surface area contributed by atoms with Crippen molar-refractivity contribution in [3.8, 4) is 33.9 Å². The van der Waals surface area contributed by atoms with Crippen molar-refractivity contribution in [2.75, 3.05) is 0 Å². The molecule has 5 heteroatoms. The second kappa shape index (κ2) is 10.4. The summed E-state index contributed by atoms with van der Waals surface area (Å²) in [6.45, 7) is 8.31. The highest BCUT2D eigenvalue weighted by Crippen LogP contribution is 2.38. The van der Waals surface area contributed by atoms with Crippen molar-refractivity contribution in [3.05, 3.63) is 127 Å². The monoisotopic (exact) mass is 584 g/mol. The maximum absolute atomic E-state index is 6.29. The van der Waals surface area contributed by atoms with E-state index in [0.717, 1.165) is 33.5 Å². The summed E-state index contributed by atoms with van der Waals surface area (Å²) in [6, 6.07) is 44.7. The second-order valence-electron chi connectivity index (χ2n) is 12.9. The third-order valence-corrected chi connectivity index (χ3v) is 9.53. The average Bonchev–Trinajstić information content (AvgIpc) is 3.30. The maximum atomic E-state index is 6.29. The van der Waals surface area contributed by atoms with E-state index in [2.05, 4.69) is 137 Å². The van der Waals surface area contributed by atoms with Gasteiger partial charge in [-0.2, -0.15) is 0 Å². The van der Waals surface area contributed by atoms with Crippen molar-refractivity contribution in [3.63, 3.8) is 0 Å². The Hall–Kier alpha value is -4.84. The first-order chi connectivity index (χ1) is 21.8. The van der Waals surface area contributed by atoms with E-state index in [1.165, 1.54) is 32.3 Å². The van der Waals surface area contributed by atoms with Crippen LogP contribution in [0.4, 0.5) is 0 Å². The van der Waals surface area contributed by atoms with Gasteiger partial charge in [-0.3, -0.25) is 0 Å². The topological polar surface area (TPSA) is 44.2 Å². The van der Waals surface area contributed by atoms with E-state index in [0.29, 0.717) is 5.82 Å². The quantitative estimate of drug-likeness (QED) is 0.153. The summed E-state index contributed by atoms with van der Waals surface area (Å²) < 4.78 is 12.6. The van der Waals surface area contributed by atoms with Crippen LogP contribution in [-0.2, 0) is 9.31 Å². The van der Waals surface area contributed by atoms with Crippen LogP contribution in [0.1, 0.15) is 27.7 Å². The van der Waals surface area contributed by atoms with E-state index < -0.39 is 7.12 Å². The van der Waals surface area contributed by atoms with Gasteiger partial charge in [-0.05, 0) is 77.6 Å². The molecule has 7 aromatic rings. The normalized spacial score (nSPS) is 15.7. The lowest BCUT2D eigenvalue weighted by Crippen LogP contribution is -2.41. The summed E-state index contributed by atoms with van der Waals surface area (Å²) in [6.07, 6.45) is 0. The van der Waals surface area contributed by atoms with Gasteiger partial charge in [-0.15, -0.1) is 0 Å². The van der Waals surface area contributed by atoms with Gasteiger partial charge in [0.05, 0.1) is 22.6 Å². The molecular weight excluding hydrogens is 551 g/mol. The summed E-state index contributed by atoms with van der Waals surface area (Å²) in [5, 5.41) is 7.48. The molecule has 0 N–H and O–H groups in total. The number of benzene rings is 6. The van der Waals surface area contributed by atoms with Gasteiger partial charge in [0.15, 0.2) is 5.82 Å². The first kappa shape index (κ1) is 27.7. The fourth-order valence-electron chi connectivity index (χ4n) is 6.32. The number of aromatic nitrogens is 2. The highest BCUT2D eigenvalue weighted by Gasteiger charge is 2.51. The van der Waals surface area contributed by atoms with Crippen LogP contribution >= 0.6 is 0 Å². The Labute approximate surface area is 263 Å². The fraction of sp³-hybridized carbons (Fsp3) is 0.150. The summed E-state index contributed by atoms with van der Waals surface area (Å²) in [7, 11) is -0.409. The van der Waals surface area contributed by atoms with Gasteiger partial charge in [-0.1, -0.05) is 115 Å². The Kier molecular flexibility index (Phi) is 6.38. The highest BCUT2D eigenvalue weighted by atomic mass is 16.7. The molecule has 0 unspecified atom stereocenters. The minimum Gasteiger partial charge on any atom is -0.399 e. The summed E-state index contributed by atoms with van der Waals surface area (Å²) in [5.74, 6) is 0.696. The van der Waals surface area contributed by atoms with Crippen molar-refractivity contribution >= 4 is 44.9 Å². The smallest absolute Gasteiger partial charge is 0.399 e. The standard InChI is InChI=1S/C40H33BN2O2/c1-39(2)40(3,4)45-41(44-39)29-21-18-26(19-22-29)36-25-37(43-38(42-36)27-12-6-5-7-13-27)28-20-23-34-32-16-9-8-14-30(32)31-15-10-11-17-33(31)35(34)24-28/h5-25H,1-4H3. The first-order valence-electron chi connectivity index (χ1n) is 15.5. The van der Waals surface area contributed by atoms with Gasteiger partial charge in [0.1, 0.15) is 0 Å². The van der Waals surface area contributed by atoms with Crippen LogP contribution in [-0.4, -0.2) is 28.3 Å². The SMILES string of the molecule is CC1(C)OB(c2ccc(-c3cc(-c4ccc5c6ccccc6c6ccccc6c5c4)nc(-c4ccccc4)n3)cc2)OC1(C)C. The zero-order chi connectivity index (χ0) is 30.8. The number of hydrogen-bond acceptors (Lipinski definition) is 4. The van der Waals surface area contributed by atoms with Crippen LogP contribution in [0.3, 0.4) is 0 Å². The van der Waals surface area contributed by atoms with Crippen LogP contribution in [0, 0.1) is 0 Å². The van der Waals surface area contributed by atoms with E-state index in [4.69, 9.17) is 19.3 Å². The number of nitrogens with zero attached hydrogens (tertiary/aromatic N) is 2. The summed E-state index contributed by atoms with van der Waals surface area (Å²) in [4.78, 5) is 10.2. The first-order valence-corrected chi connectivity index (χ1v) is 15.5. The lowest BCUT2D eigenvalue weighted by atomic mass is 9.79. The molecule has 1 saturated heterocycles. The lowest BCUT2D eigenvalue weighted by molar-refractivity contribution is 0.00578. The van der Waals surface area contributed by atoms with Crippen LogP contribution < -0.4 is 5.46 Å². The molecule has 4 nitrogen and oxygen atoms in total. The number of rotatable bonds is 4. The molecule has 6 aromatic carbocycles. The Morgan fingerprint density at radius 1 is 0.444 bits per heavy atom. The van der Waals surface area contributed by atoms with E-state index >= 15 is 0 Å². The Morgan fingerprint density at radius 3 is 1.49 bits per heavy atom. The van der Waals surface area contributed by atoms with Gasteiger partial charge in [0, 0.05) is 16.7 Å². The lowest BCUT2D eigenvalue weighted by Gasteiger charge is -2.32. The largest absolute Gasteiger partial charge is 0.494 e. The third-order valence-electron chi connectivity index (χ3n) is 9.53. The molecule has 1 aliphatic heterocycles. The minimum atomic E-state index is -0.409. The molecule has 0 radical (unpaired) electrons. The Bertz CT molecular complexity index is 2180. The Morgan fingerprint density at radius 2 is 0.911 bits per heavy atom. The zero-order valence-corrected chi connectivity index (χ0v) is 25.9. The van der Waals surface area contributed by atoms with Gasteiger partial charge < -0.3 is 9.31 Å². The van der Waals surface area contributed by atoms with E-state index in [1.54, 1.807) is 0 Å². The van der Waals surface area contributed by atoms with Gasteiger partial charge in [0.2, 0.25) is 0 Å². The molecule has 218 valence electrons. The molecule has 0 spiro atoms. The highest BCUT2D eigenvalue weighted by molar-refractivity contribution is 6.62. The van der Waals surface area contributed by atoms with Crippen molar-refractivity contribution < 1.29 is 9.31 Å². The fourth-order valence-corrected chi connectivity index (χ4v) is 6.32. The van der Waals surface area contributed by atoms with Crippen LogP contribution in [0.15, 0.2) is 127 Å². The van der Waals surface area contributed by atoms with Gasteiger partial charge >= 0.3 is 7.12 Å². The molecule has 1 fully saturated rings. The van der Waals surface area contributed by atoms with Crippen molar-refractivity contribution in [1.82, 2.24) is 9.97 Å². The molecule has 0 saturated carbocycles. The predicted octanol–water partition coefficient (Wildman–Crippen LogP) is 9.24. The van der Waals surface area contributed by atoms with E-state index in [-0.39, 0.29) is 11.2 Å². The molecule has 45 heavy (non-hydrogen) atoms. The second-order valence-corrected chi connectivity index (χ2v) is 12.9. The molecule has 0 aliphatic carbocycles. The molecule has 1 aliphatic rings. The van der Waals surface area contributed by atoms with Crippen molar-refractivity contribution in [2.45, 2.75) is 38.9 Å². The maximum Gasteiger partial charge on any atom is 0.494 e. The van der Waals surface area contributed by atoms with Crippen LogP contribution in [0.5, 0.6) is 0 Å². The van der Waals surface area contributed by atoms with Crippen molar-refractivity contribution in [1.29, 1.82) is 0 Å². The predicted molar refractivity (Wildman–Crippen MR) is 187 cm³/mol. The van der Waals surface area contributed by atoms with Crippen LogP contribution in [0.2, 0.25) is 0 Å². The van der Waals surface area contributed by atoms with Gasteiger partial charge in [0.25, 0.3) is 0 Å². The summed E-state index contributed by atoms with van der Waals surface area (Å²) in [5.41, 5.74) is 5.00. The van der Waals surface area contributed by atoms with E-state index in [1.807, 2.05) is 18.2 Å². The molecule has 8 rings (SSSR count). The van der Waals surface area contributed by atoms with Crippen LogP contribution in [0.25, 0.3) is 66.2 Å². The molecule has 2 heterocycles. The molecule has 0 atom stereocenters. The minimum absolute atomic E-state index is 0.389. The zero-order valence-electron chi connectivity index (χ0n) is 25.9. The summed E-state index contributed by atoms with van der Waals surface area (Å²) >= 11 is 0. The molecular formula is C40H33BN2O2. The van der Waals surface area contributed by atoms with Crippen molar-refractivity contribution in [2.24, 2.45) is 0 Å². The third kappa shape index (κ3) is 4.71. The van der Waals surface area contributed by atoms with E-state index in [9.17, 15) is 0 Å². The molecule has 0 bridgehead atoms. The van der Waals surface area contributed by atoms with Gasteiger partial charge in [-0.25, -0.2) is 9.97 Å². The number of hydrogen-bond donors (Lipinski definition) is 0. The molecule has 1 aromatic heterocycles. The molecule has 0 amide bonds.